The Bertz CT molecular complexity index is 986. The Kier molecular flexibility index (Phi) is 5.57. The molecule has 128 valence electrons. The second-order valence-corrected chi connectivity index (χ2v) is 8.17. The van der Waals surface area contributed by atoms with Crippen molar-refractivity contribution in [3.05, 3.63) is 71.1 Å². The number of hydrogen-bond acceptors (Lipinski definition) is 6. The molecule has 25 heavy (non-hydrogen) atoms. The molecule has 0 saturated heterocycles. The van der Waals surface area contributed by atoms with Crippen LogP contribution in [0.5, 0.6) is 0 Å². The molecule has 8 heteroatoms. The fraction of sp³-hybridized carbons (Fsp3) is 0.0588. The van der Waals surface area contributed by atoms with Gasteiger partial charge in [0, 0.05) is 21.7 Å². The molecular weight excluding hydrogens is 380 g/mol. The number of sulfone groups is 1. The average molecular weight is 393 g/mol. The number of nitrogens with zero attached hydrogens (tertiary/aromatic N) is 2. The van der Waals surface area contributed by atoms with Gasteiger partial charge in [-0.3, -0.25) is 0 Å². The summed E-state index contributed by atoms with van der Waals surface area (Å²) in [6.07, 6.45) is 1.55. The first-order chi connectivity index (χ1) is 12.0. The van der Waals surface area contributed by atoms with Crippen LogP contribution in [0.1, 0.15) is 0 Å². The average Bonchev–Trinajstić information content (AvgIpc) is 3.09. The van der Waals surface area contributed by atoms with Gasteiger partial charge in [0.1, 0.15) is 0 Å². The maximum Gasteiger partial charge on any atom is 0.277 e. The molecule has 1 heterocycles. The molecular formula is C17H13ClN2O3S2. The van der Waals surface area contributed by atoms with Gasteiger partial charge in [0.15, 0.2) is 9.84 Å². The van der Waals surface area contributed by atoms with Crippen molar-refractivity contribution in [1.82, 2.24) is 10.2 Å². The quantitative estimate of drug-likeness (QED) is 0.576. The molecule has 0 unspecified atom stereocenters. The van der Waals surface area contributed by atoms with Crippen molar-refractivity contribution in [1.29, 1.82) is 0 Å². The van der Waals surface area contributed by atoms with Gasteiger partial charge in [-0.05, 0) is 30.3 Å². The lowest BCUT2D eigenvalue weighted by atomic mass is 10.2. The molecule has 0 atom stereocenters. The Labute approximate surface area is 154 Å². The van der Waals surface area contributed by atoms with Crippen molar-refractivity contribution in [2.75, 3.05) is 5.75 Å². The van der Waals surface area contributed by atoms with Crippen molar-refractivity contribution in [2.24, 2.45) is 0 Å². The third-order valence-electron chi connectivity index (χ3n) is 3.13. The summed E-state index contributed by atoms with van der Waals surface area (Å²) in [6.45, 7) is 0. The number of rotatable bonds is 6. The van der Waals surface area contributed by atoms with Crippen LogP contribution in [0.2, 0.25) is 5.02 Å². The molecule has 3 rings (SSSR count). The van der Waals surface area contributed by atoms with Crippen LogP contribution in [-0.2, 0) is 9.84 Å². The molecule has 0 aliphatic rings. The van der Waals surface area contributed by atoms with E-state index in [-0.39, 0.29) is 4.90 Å². The molecule has 0 amide bonds. The molecule has 0 spiro atoms. The fourth-order valence-corrected chi connectivity index (χ4v) is 3.91. The van der Waals surface area contributed by atoms with E-state index in [0.717, 1.165) is 5.56 Å². The summed E-state index contributed by atoms with van der Waals surface area (Å²) in [4.78, 5) is 0.261. The van der Waals surface area contributed by atoms with E-state index >= 15 is 0 Å². The van der Waals surface area contributed by atoms with Gasteiger partial charge in [0.25, 0.3) is 5.22 Å². The molecule has 0 radical (unpaired) electrons. The van der Waals surface area contributed by atoms with Crippen molar-refractivity contribution >= 4 is 33.2 Å². The van der Waals surface area contributed by atoms with E-state index < -0.39 is 9.84 Å². The molecule has 1 aromatic heterocycles. The second-order valence-electron chi connectivity index (χ2n) is 4.92. The molecule has 3 aromatic rings. The van der Waals surface area contributed by atoms with E-state index in [9.17, 15) is 8.42 Å². The van der Waals surface area contributed by atoms with Crippen LogP contribution in [0, 0.1) is 0 Å². The van der Waals surface area contributed by atoms with Gasteiger partial charge in [-0.15, -0.1) is 10.2 Å². The van der Waals surface area contributed by atoms with E-state index in [1.54, 1.807) is 54.6 Å². The van der Waals surface area contributed by atoms with Crippen LogP contribution >= 0.6 is 23.4 Å². The minimum atomic E-state index is -3.43. The number of aromatic nitrogens is 2. The predicted molar refractivity (Wildman–Crippen MR) is 98.2 cm³/mol. The van der Waals surface area contributed by atoms with E-state index in [0.29, 0.717) is 21.9 Å². The van der Waals surface area contributed by atoms with Gasteiger partial charge in [0.2, 0.25) is 5.89 Å². The predicted octanol–water partition coefficient (Wildman–Crippen LogP) is 4.47. The van der Waals surface area contributed by atoms with Crippen LogP contribution in [0.3, 0.4) is 0 Å². The van der Waals surface area contributed by atoms with Crippen molar-refractivity contribution in [2.45, 2.75) is 10.1 Å². The van der Waals surface area contributed by atoms with Gasteiger partial charge in [-0.2, -0.15) is 0 Å². The zero-order chi connectivity index (χ0) is 17.7. The zero-order valence-electron chi connectivity index (χ0n) is 12.9. The van der Waals surface area contributed by atoms with E-state index in [1.165, 1.54) is 17.2 Å². The molecule has 0 aliphatic heterocycles. The Morgan fingerprint density at radius 2 is 1.88 bits per heavy atom. The number of thioether (sulfide) groups is 1. The standard InChI is InChI=1S/C17H13ClN2O3S2/c18-14-7-4-6-13(12-14)16-19-20-17(23-16)24-10-5-11-25(21,22)15-8-2-1-3-9-15/h1-9,11-12H,10H2/b11-5+. The lowest BCUT2D eigenvalue weighted by Crippen LogP contribution is -1.95. The van der Waals surface area contributed by atoms with Gasteiger partial charge in [0.05, 0.1) is 4.90 Å². The normalized spacial score (nSPS) is 11.9. The number of hydrogen-bond donors (Lipinski definition) is 0. The second kappa shape index (κ2) is 7.86. The summed E-state index contributed by atoms with van der Waals surface area (Å²) >= 11 is 7.19. The number of benzene rings is 2. The first kappa shape index (κ1) is 17.7. The Hall–Kier alpha value is -2.09. The third-order valence-corrected chi connectivity index (χ3v) is 5.61. The zero-order valence-corrected chi connectivity index (χ0v) is 15.3. The van der Waals surface area contributed by atoms with Crippen LogP contribution in [0.15, 0.2) is 80.6 Å². The van der Waals surface area contributed by atoms with Crippen molar-refractivity contribution in [3.8, 4) is 11.5 Å². The summed E-state index contributed by atoms with van der Waals surface area (Å²) < 4.78 is 29.7. The van der Waals surface area contributed by atoms with Crippen LogP contribution in [0.4, 0.5) is 0 Å². The van der Waals surface area contributed by atoms with Gasteiger partial charge in [-0.1, -0.05) is 53.7 Å². The van der Waals surface area contributed by atoms with E-state index in [4.69, 9.17) is 16.0 Å². The maximum atomic E-state index is 12.1. The van der Waals surface area contributed by atoms with Crippen molar-refractivity contribution < 1.29 is 12.8 Å². The Balaban J connectivity index is 1.61. The molecule has 0 N–H and O–H groups in total. The first-order valence-electron chi connectivity index (χ1n) is 7.23. The summed E-state index contributed by atoms with van der Waals surface area (Å²) in [5, 5.41) is 10.0. The Morgan fingerprint density at radius 3 is 2.64 bits per heavy atom. The SMILES string of the molecule is O=S(=O)(/C=C/CSc1nnc(-c2cccc(Cl)c2)o1)c1ccccc1. The molecule has 0 fully saturated rings. The molecule has 0 aliphatic carbocycles. The highest BCUT2D eigenvalue weighted by Gasteiger charge is 2.10. The van der Waals surface area contributed by atoms with Crippen LogP contribution < -0.4 is 0 Å². The summed E-state index contributed by atoms with van der Waals surface area (Å²) in [7, 11) is -3.43. The minimum absolute atomic E-state index is 0.261. The lowest BCUT2D eigenvalue weighted by molar-refractivity contribution is 0.466. The molecule has 0 saturated carbocycles. The monoisotopic (exact) mass is 392 g/mol. The van der Waals surface area contributed by atoms with Gasteiger partial charge >= 0.3 is 0 Å². The molecule has 0 bridgehead atoms. The minimum Gasteiger partial charge on any atom is -0.411 e. The van der Waals surface area contributed by atoms with Gasteiger partial charge < -0.3 is 4.42 Å². The summed E-state index contributed by atoms with van der Waals surface area (Å²) in [5.74, 6) is 0.759. The number of halogens is 1. The molecule has 5 nitrogen and oxygen atoms in total. The van der Waals surface area contributed by atoms with Crippen molar-refractivity contribution in [3.63, 3.8) is 0 Å². The largest absolute Gasteiger partial charge is 0.411 e. The Morgan fingerprint density at radius 1 is 1.08 bits per heavy atom. The summed E-state index contributed by atoms with van der Waals surface area (Å²) in [6, 6.07) is 15.4. The fourth-order valence-electron chi connectivity index (χ4n) is 1.98. The smallest absolute Gasteiger partial charge is 0.277 e. The highest BCUT2D eigenvalue weighted by molar-refractivity contribution is 7.99. The topological polar surface area (TPSA) is 73.1 Å². The summed E-state index contributed by atoms with van der Waals surface area (Å²) in [5.41, 5.74) is 0.731. The van der Waals surface area contributed by atoms with E-state index in [2.05, 4.69) is 10.2 Å². The highest BCUT2D eigenvalue weighted by atomic mass is 35.5. The van der Waals surface area contributed by atoms with Crippen LogP contribution in [-0.4, -0.2) is 24.4 Å². The van der Waals surface area contributed by atoms with Crippen LogP contribution in [0.25, 0.3) is 11.5 Å². The van der Waals surface area contributed by atoms with E-state index in [1.807, 2.05) is 6.07 Å². The van der Waals surface area contributed by atoms with Gasteiger partial charge in [-0.25, -0.2) is 8.42 Å². The maximum absolute atomic E-state index is 12.1. The molecule has 2 aromatic carbocycles. The first-order valence-corrected chi connectivity index (χ1v) is 10.1. The third kappa shape index (κ3) is 4.72. The lowest BCUT2D eigenvalue weighted by Gasteiger charge is -1.97. The highest BCUT2D eigenvalue weighted by Crippen LogP contribution is 2.25.